The van der Waals surface area contributed by atoms with E-state index in [1.165, 1.54) is 0 Å². The molecule has 4 rings (SSSR count). The van der Waals surface area contributed by atoms with Gasteiger partial charge in [-0.05, 0) is 44.0 Å². The van der Waals surface area contributed by atoms with E-state index >= 15 is 0 Å². The van der Waals surface area contributed by atoms with Gasteiger partial charge in [-0.25, -0.2) is 4.79 Å². The summed E-state index contributed by atoms with van der Waals surface area (Å²) in [6.45, 7) is 3.38. The Hall–Kier alpha value is -2.34. The van der Waals surface area contributed by atoms with Crippen LogP contribution in [0.3, 0.4) is 0 Å². The Bertz CT molecular complexity index is 944. The maximum atomic E-state index is 12.5. The maximum absolute atomic E-state index is 12.5. The Kier molecular flexibility index (Phi) is 3.76. The number of carbonyl (C=O) groups excluding carboxylic acids is 1. The van der Waals surface area contributed by atoms with E-state index < -0.39 is 0 Å². The number of thiophene rings is 1. The Labute approximate surface area is 143 Å². The van der Waals surface area contributed by atoms with Crippen molar-refractivity contribution in [2.24, 2.45) is 0 Å². The number of hydrogen-bond acceptors (Lipinski definition) is 3. The normalized spacial score (nSPS) is 16.0. The van der Waals surface area contributed by atoms with Gasteiger partial charge in [0, 0.05) is 24.0 Å². The van der Waals surface area contributed by atoms with E-state index in [0.29, 0.717) is 13.1 Å². The Balaban J connectivity index is 1.52. The number of nitrogens with zero attached hydrogens (tertiary/aromatic N) is 2. The summed E-state index contributed by atoms with van der Waals surface area (Å²) in [4.78, 5) is 31.6. The minimum atomic E-state index is -0.0603. The number of nitrogens with one attached hydrogen (secondary N) is 1. The Morgan fingerprint density at radius 3 is 2.62 bits per heavy atom. The van der Waals surface area contributed by atoms with E-state index in [1.54, 1.807) is 11.3 Å². The number of para-hydroxylation sites is 2. The highest BCUT2D eigenvalue weighted by molar-refractivity contribution is 7.13. The third kappa shape index (κ3) is 2.57. The number of aromatic nitrogens is 2. The summed E-state index contributed by atoms with van der Waals surface area (Å²) in [6, 6.07) is 11.8. The first-order valence-electron chi connectivity index (χ1n) is 8.18. The number of likely N-dealkylation sites (tertiary alicyclic amines) is 1. The molecular formula is C18H19N3O2S. The molecular weight excluding hydrogens is 322 g/mol. The monoisotopic (exact) mass is 341 g/mol. The summed E-state index contributed by atoms with van der Waals surface area (Å²) in [5.41, 5.74) is 1.76. The van der Waals surface area contributed by atoms with Gasteiger partial charge in [0.2, 0.25) is 0 Å². The molecule has 0 bridgehead atoms. The number of piperidine rings is 1. The first-order chi connectivity index (χ1) is 11.6. The average Bonchev–Trinajstić information content (AvgIpc) is 3.17. The Morgan fingerprint density at radius 1 is 1.17 bits per heavy atom. The van der Waals surface area contributed by atoms with Gasteiger partial charge in [0.05, 0.1) is 15.9 Å². The number of H-pyrrole nitrogens is 1. The van der Waals surface area contributed by atoms with Crippen LogP contribution in [-0.4, -0.2) is 33.4 Å². The van der Waals surface area contributed by atoms with Crippen molar-refractivity contribution in [2.75, 3.05) is 13.1 Å². The Morgan fingerprint density at radius 2 is 1.92 bits per heavy atom. The zero-order valence-electron chi connectivity index (χ0n) is 13.5. The summed E-state index contributed by atoms with van der Waals surface area (Å²) in [5, 5.41) is 0. The van der Waals surface area contributed by atoms with Crippen LogP contribution < -0.4 is 5.69 Å². The van der Waals surface area contributed by atoms with E-state index in [-0.39, 0.29) is 17.6 Å². The molecule has 1 amide bonds. The van der Waals surface area contributed by atoms with Crippen molar-refractivity contribution in [1.82, 2.24) is 14.5 Å². The van der Waals surface area contributed by atoms with Gasteiger partial charge in [-0.1, -0.05) is 12.1 Å². The SMILES string of the molecule is Cc1ccc(C(=O)N2CCC(n3c(=O)[nH]c4ccccc43)CC2)s1. The smallest absolute Gasteiger partial charge is 0.326 e. The van der Waals surface area contributed by atoms with Crippen molar-refractivity contribution < 1.29 is 4.79 Å². The molecule has 0 radical (unpaired) electrons. The molecule has 3 aromatic rings. The van der Waals surface area contributed by atoms with E-state index in [9.17, 15) is 9.59 Å². The van der Waals surface area contributed by atoms with Crippen molar-refractivity contribution >= 4 is 28.3 Å². The summed E-state index contributed by atoms with van der Waals surface area (Å²) < 4.78 is 1.85. The molecule has 0 aliphatic carbocycles. The average molecular weight is 341 g/mol. The second-order valence-electron chi connectivity index (χ2n) is 6.25. The van der Waals surface area contributed by atoms with Gasteiger partial charge in [-0.15, -0.1) is 11.3 Å². The predicted octanol–water partition coefficient (Wildman–Crippen LogP) is 3.18. The van der Waals surface area contributed by atoms with E-state index in [4.69, 9.17) is 0 Å². The van der Waals surface area contributed by atoms with Gasteiger partial charge in [0.15, 0.2) is 0 Å². The molecule has 1 aromatic carbocycles. The highest BCUT2D eigenvalue weighted by Crippen LogP contribution is 2.26. The van der Waals surface area contributed by atoms with Crippen molar-refractivity contribution in [1.29, 1.82) is 0 Å². The standard InChI is InChI=1S/C18H19N3O2S/c1-12-6-7-16(24-12)17(22)20-10-8-13(9-11-20)21-15-5-3-2-4-14(15)19-18(21)23/h2-7,13H,8-11H2,1H3,(H,19,23). The molecule has 1 aliphatic heterocycles. The number of aromatic amines is 1. The highest BCUT2D eigenvalue weighted by Gasteiger charge is 2.27. The number of imidazole rings is 1. The molecule has 1 aliphatic rings. The molecule has 0 saturated carbocycles. The molecule has 6 heteroatoms. The van der Waals surface area contributed by atoms with Gasteiger partial charge in [-0.2, -0.15) is 0 Å². The topological polar surface area (TPSA) is 58.1 Å². The lowest BCUT2D eigenvalue weighted by Gasteiger charge is -2.32. The van der Waals surface area contributed by atoms with Gasteiger partial charge in [0.1, 0.15) is 0 Å². The van der Waals surface area contributed by atoms with Crippen LogP contribution in [0.15, 0.2) is 41.2 Å². The number of amides is 1. The largest absolute Gasteiger partial charge is 0.338 e. The number of benzene rings is 1. The van der Waals surface area contributed by atoms with E-state index in [1.807, 2.05) is 52.8 Å². The third-order valence-electron chi connectivity index (χ3n) is 4.69. The molecule has 0 spiro atoms. The van der Waals surface area contributed by atoms with Crippen LogP contribution >= 0.6 is 11.3 Å². The first kappa shape index (κ1) is 15.2. The number of fused-ring (bicyclic) bond motifs is 1. The molecule has 1 fully saturated rings. The zero-order chi connectivity index (χ0) is 16.7. The van der Waals surface area contributed by atoms with Gasteiger partial charge in [0.25, 0.3) is 5.91 Å². The molecule has 1 saturated heterocycles. The van der Waals surface area contributed by atoms with Crippen molar-refractivity contribution in [3.05, 3.63) is 56.6 Å². The highest BCUT2D eigenvalue weighted by atomic mass is 32.1. The molecule has 2 aromatic heterocycles. The molecule has 0 atom stereocenters. The lowest BCUT2D eigenvalue weighted by Crippen LogP contribution is -2.40. The van der Waals surface area contributed by atoms with Crippen LogP contribution in [0.25, 0.3) is 11.0 Å². The van der Waals surface area contributed by atoms with Gasteiger partial charge in [-0.3, -0.25) is 9.36 Å². The lowest BCUT2D eigenvalue weighted by molar-refractivity contribution is 0.0700. The number of hydrogen-bond donors (Lipinski definition) is 1. The number of carbonyl (C=O) groups is 1. The first-order valence-corrected chi connectivity index (χ1v) is 9.00. The van der Waals surface area contributed by atoms with Crippen molar-refractivity contribution in [2.45, 2.75) is 25.8 Å². The second-order valence-corrected chi connectivity index (χ2v) is 7.54. The van der Waals surface area contributed by atoms with Crippen LogP contribution in [-0.2, 0) is 0 Å². The van der Waals surface area contributed by atoms with E-state index in [2.05, 4.69) is 4.98 Å². The number of aryl methyl sites for hydroxylation is 1. The summed E-state index contributed by atoms with van der Waals surface area (Å²) in [5.74, 6) is 0.109. The van der Waals surface area contributed by atoms with Crippen molar-refractivity contribution in [3.63, 3.8) is 0 Å². The summed E-state index contributed by atoms with van der Waals surface area (Å²) in [7, 11) is 0. The molecule has 0 unspecified atom stereocenters. The lowest BCUT2D eigenvalue weighted by atomic mass is 10.0. The fourth-order valence-electron chi connectivity index (χ4n) is 3.47. The van der Waals surface area contributed by atoms with Crippen molar-refractivity contribution in [3.8, 4) is 0 Å². The third-order valence-corrected chi connectivity index (χ3v) is 5.68. The fourth-order valence-corrected chi connectivity index (χ4v) is 4.30. The molecule has 124 valence electrons. The minimum Gasteiger partial charge on any atom is -0.338 e. The molecule has 3 heterocycles. The number of rotatable bonds is 2. The van der Waals surface area contributed by atoms with Crippen LogP contribution in [0.4, 0.5) is 0 Å². The summed E-state index contributed by atoms with van der Waals surface area (Å²) in [6.07, 6.45) is 1.61. The fraction of sp³-hybridized carbons (Fsp3) is 0.333. The second kappa shape index (κ2) is 5.94. The van der Waals surface area contributed by atoms with Gasteiger partial charge >= 0.3 is 5.69 Å². The van der Waals surface area contributed by atoms with Gasteiger partial charge < -0.3 is 9.88 Å². The maximum Gasteiger partial charge on any atom is 0.326 e. The van der Waals surface area contributed by atoms with E-state index in [0.717, 1.165) is 33.6 Å². The van der Waals surface area contributed by atoms with Crippen LogP contribution in [0.5, 0.6) is 0 Å². The molecule has 5 nitrogen and oxygen atoms in total. The van der Waals surface area contributed by atoms with Crippen LogP contribution in [0.1, 0.15) is 33.4 Å². The molecule has 24 heavy (non-hydrogen) atoms. The predicted molar refractivity (Wildman–Crippen MR) is 95.8 cm³/mol. The minimum absolute atomic E-state index is 0.0603. The quantitative estimate of drug-likeness (QED) is 0.778. The summed E-state index contributed by atoms with van der Waals surface area (Å²) >= 11 is 1.54. The molecule has 1 N–H and O–H groups in total. The van der Waals surface area contributed by atoms with Crippen LogP contribution in [0, 0.1) is 6.92 Å². The van der Waals surface area contributed by atoms with Crippen LogP contribution in [0.2, 0.25) is 0 Å². The zero-order valence-corrected chi connectivity index (χ0v) is 14.3.